The van der Waals surface area contributed by atoms with Gasteiger partial charge in [0.1, 0.15) is 71.6 Å². The number of benzene rings is 4. The fourth-order valence-electron chi connectivity index (χ4n) is 14.7. The lowest BCUT2D eigenvalue weighted by molar-refractivity contribution is -0.148. The van der Waals surface area contributed by atoms with E-state index in [-0.39, 0.29) is 90.1 Å². The number of alkyl carbamates (subject to hydrolysis) is 1. The largest absolute Gasteiger partial charge is 0.497 e. The Balaban J connectivity index is 1.09. The lowest BCUT2D eigenvalue weighted by Crippen LogP contribution is -2.64. The van der Waals surface area contributed by atoms with Gasteiger partial charge in [0.05, 0.1) is 25.9 Å². The molecular formula is C79H102FN13O16. The van der Waals surface area contributed by atoms with Crippen molar-refractivity contribution in [2.75, 3.05) is 46.4 Å². The van der Waals surface area contributed by atoms with E-state index in [1.54, 1.807) is 100 Å². The molecule has 30 heteroatoms. The third-order valence-electron chi connectivity index (χ3n) is 20.6. The molecule has 6 aliphatic heterocycles. The summed E-state index contributed by atoms with van der Waals surface area (Å²) < 4.78 is 34.8. The Bertz CT molecular complexity index is 4170. The van der Waals surface area contributed by atoms with Gasteiger partial charge in [-0.3, -0.25) is 52.7 Å². The molecule has 586 valence electrons. The normalized spacial score (nSPS) is 25.2. The number of ether oxygens (including phenoxy) is 3. The van der Waals surface area contributed by atoms with Crippen LogP contribution in [0, 0.1) is 5.82 Å². The maximum Gasteiger partial charge on any atom is 0.407 e. The Morgan fingerprint density at radius 3 is 2.12 bits per heavy atom. The Hall–Kier alpha value is -10.5. The van der Waals surface area contributed by atoms with Crippen LogP contribution >= 0.6 is 0 Å². The van der Waals surface area contributed by atoms with Gasteiger partial charge < -0.3 is 86.4 Å². The van der Waals surface area contributed by atoms with Crippen LogP contribution in [0.4, 0.5) is 9.18 Å². The number of methoxy groups -OCH3 is 1. The number of carbonyl (C=O) groups excluding carboxylic acids is 12. The summed E-state index contributed by atoms with van der Waals surface area (Å²) in [4.78, 5) is 182. The van der Waals surface area contributed by atoms with Gasteiger partial charge in [-0.2, -0.15) is 0 Å². The average Bonchev–Trinajstić information content (AvgIpc) is 1.71. The van der Waals surface area contributed by atoms with Crippen LogP contribution in [0.3, 0.4) is 0 Å². The van der Waals surface area contributed by atoms with E-state index >= 15 is 28.4 Å². The molecule has 0 saturated carbocycles. The molecule has 0 radical (unpaired) electrons. The van der Waals surface area contributed by atoms with Crippen LogP contribution in [-0.4, -0.2) is 208 Å². The first kappa shape index (κ1) is 81.0. The van der Waals surface area contributed by atoms with Gasteiger partial charge in [0.25, 0.3) is 0 Å². The molecule has 0 unspecified atom stereocenters. The highest BCUT2D eigenvalue weighted by atomic mass is 19.1. The van der Waals surface area contributed by atoms with E-state index in [1.165, 1.54) is 31.1 Å². The number of rotatable bonds is 7. The van der Waals surface area contributed by atoms with E-state index in [0.29, 0.717) is 84.0 Å². The highest BCUT2D eigenvalue weighted by Crippen LogP contribution is 2.32. The van der Waals surface area contributed by atoms with E-state index in [2.05, 4.69) is 47.9 Å². The summed E-state index contributed by atoms with van der Waals surface area (Å²) >= 11 is 0. The monoisotopic (exact) mass is 1510 g/mol. The zero-order valence-corrected chi connectivity index (χ0v) is 62.9. The number of hydrogen-bond acceptors (Lipinski definition) is 16. The number of amides is 12. The number of halogens is 1. The molecule has 12 bridgehead atoms. The molecule has 2 saturated heterocycles. The van der Waals surface area contributed by atoms with Crippen molar-refractivity contribution in [1.82, 2.24) is 67.1 Å². The number of nitrogens with one attached hydrogen (secondary N) is 9. The van der Waals surface area contributed by atoms with Crippen molar-refractivity contribution in [2.24, 2.45) is 0 Å². The quantitative estimate of drug-likeness (QED) is 0.112. The molecule has 0 aliphatic carbocycles. The summed E-state index contributed by atoms with van der Waals surface area (Å²) in [6.07, 6.45) is -0.342. The molecule has 12 amide bonds. The van der Waals surface area contributed by atoms with E-state index in [9.17, 15) is 38.7 Å². The number of aryl methyl sites for hydroxylation is 1. The number of nitrogens with zero attached hydrogens (tertiary/aromatic N) is 4. The second-order valence-corrected chi connectivity index (χ2v) is 30.0. The highest BCUT2D eigenvalue weighted by molar-refractivity contribution is 6.00. The van der Waals surface area contributed by atoms with Crippen molar-refractivity contribution >= 4 is 82.0 Å². The topological polar surface area (TPSA) is 376 Å². The molecule has 109 heavy (non-hydrogen) atoms. The van der Waals surface area contributed by atoms with Crippen molar-refractivity contribution in [2.45, 2.75) is 217 Å². The second-order valence-electron chi connectivity index (χ2n) is 30.0. The molecule has 1 aromatic heterocycles. The van der Waals surface area contributed by atoms with Crippen LogP contribution in [-0.2, 0) is 108 Å². The minimum atomic E-state index is -1.85. The molecule has 29 nitrogen and oxygen atoms in total. The lowest BCUT2D eigenvalue weighted by atomic mass is 9.95. The van der Waals surface area contributed by atoms with Crippen molar-refractivity contribution < 1.29 is 81.2 Å². The first-order chi connectivity index (χ1) is 52.1. The zero-order valence-electron chi connectivity index (χ0n) is 62.9. The van der Waals surface area contributed by atoms with Gasteiger partial charge in [0.2, 0.25) is 65.0 Å². The Kier molecular flexibility index (Phi) is 27.2. The summed E-state index contributed by atoms with van der Waals surface area (Å²) in [5.74, 6) is -8.68. The van der Waals surface area contributed by atoms with Gasteiger partial charge in [0.15, 0.2) is 0 Å². The van der Waals surface area contributed by atoms with Gasteiger partial charge in [-0.05, 0) is 143 Å². The fourth-order valence-corrected chi connectivity index (χ4v) is 14.7. The van der Waals surface area contributed by atoms with Gasteiger partial charge in [0, 0.05) is 95.0 Å². The standard InChI is InChI=1S/C79H102FN13O16/c1-8-57-69(98)86-58-39-51-15-13-16-52(37-51)42-82-65(96)46-108-63-30-36-92-68(63)73(102)89-67(47(2)94)72(101)88-59(38-49-21-24-55(107-7)25-22-49)75(104)93-35-14-31-79(93,6)76(105)81-32-29-48-17-19-50(20-18-48)44-91(66(97)28-27-64(95)84-61(71(100)85-57)43-83-77(106)109-78(3,4)5)34-12-10-9-11-33-90-45-53(40-60(74(92)103)87-70(58)99)56-41-54(80)23-26-62(56)90/h13,15-26,37,41,45,47,57-61,63,67-68,94H,8-12,14,27-36,38-40,42-44,46H2,1-7H3,(H,81,105)(H,82,96)(H,83,106)(H,84,95)(H,85,100)(H,86,98)(H,87,99)(H,88,101)(H,89,102)/t47-,57-,58+,59+,60+,61+,63+,67+,68+,79+/m1/s1. The van der Waals surface area contributed by atoms with E-state index in [1.807, 2.05) is 28.8 Å². The lowest BCUT2D eigenvalue weighted by Gasteiger charge is -2.37. The van der Waals surface area contributed by atoms with Gasteiger partial charge >= 0.3 is 6.09 Å². The Morgan fingerprint density at radius 1 is 0.688 bits per heavy atom. The molecule has 0 spiro atoms. The van der Waals surface area contributed by atoms with E-state index in [4.69, 9.17) is 14.2 Å². The van der Waals surface area contributed by atoms with Crippen molar-refractivity contribution in [3.63, 3.8) is 0 Å². The molecule has 2 fully saturated rings. The molecule has 6 aliphatic rings. The van der Waals surface area contributed by atoms with Crippen LogP contribution in [0.5, 0.6) is 5.75 Å². The minimum absolute atomic E-state index is 0.0694. The first-order valence-corrected chi connectivity index (χ1v) is 37.6. The summed E-state index contributed by atoms with van der Waals surface area (Å²) in [5.41, 5.74) is 1.78. The SMILES string of the molecule is CC[C@H]1NC(=O)[C@H](CNC(=O)OC(C)(C)C)NC(=O)CCC(=O)N2CCCCCCn3cc(c4cc(F)ccc43)C[C@@H]3NC(=O)[C@H](Cc4cccc(c4)CNC(=O)CO[C@H]4CCN(C3=O)[C@@H]4C(=O)N[C@@H]([C@@H](C)O)C(=O)N[C@@H](Cc3ccc(OC)cc3)C(=O)N3CCC[C@@]3(C)C(=O)NCCc3ccc(cc3)C2)NC1=O. The van der Waals surface area contributed by atoms with Gasteiger partial charge in [-0.25, -0.2) is 9.18 Å². The van der Waals surface area contributed by atoms with E-state index < -0.39 is 156 Å². The Labute approximate surface area is 632 Å². The number of aliphatic hydroxyl groups excluding tert-OH is 1. The third-order valence-corrected chi connectivity index (χ3v) is 20.6. The molecule has 10 N–H and O–H groups in total. The molecular weight excluding hydrogens is 1410 g/mol. The van der Waals surface area contributed by atoms with Crippen LogP contribution in [0.1, 0.15) is 139 Å². The van der Waals surface area contributed by atoms with Gasteiger partial charge in [-0.15, -0.1) is 0 Å². The predicted octanol–water partition coefficient (Wildman–Crippen LogP) is 3.09. The van der Waals surface area contributed by atoms with Crippen molar-refractivity contribution in [3.8, 4) is 5.75 Å². The highest BCUT2D eigenvalue weighted by Gasteiger charge is 2.50. The van der Waals surface area contributed by atoms with Crippen LogP contribution in [0.15, 0.2) is 97.2 Å². The summed E-state index contributed by atoms with van der Waals surface area (Å²) in [7, 11) is 1.49. The minimum Gasteiger partial charge on any atom is -0.497 e. The van der Waals surface area contributed by atoms with Crippen LogP contribution in [0.25, 0.3) is 10.9 Å². The number of fused-ring (bicyclic) bond motifs is 16. The molecule has 10 atom stereocenters. The van der Waals surface area contributed by atoms with Crippen LogP contribution < -0.4 is 52.6 Å². The van der Waals surface area contributed by atoms with Crippen LogP contribution in [0.2, 0.25) is 0 Å². The first-order valence-electron chi connectivity index (χ1n) is 37.6. The maximum atomic E-state index is 16.2. The molecule has 4 aromatic carbocycles. The van der Waals surface area contributed by atoms with Crippen molar-refractivity contribution in [1.29, 1.82) is 0 Å². The maximum absolute atomic E-state index is 16.2. The number of carbonyl (C=O) groups is 12. The molecule has 11 rings (SSSR count). The second kappa shape index (κ2) is 36.6. The zero-order chi connectivity index (χ0) is 78.3. The average molecular weight is 1510 g/mol. The van der Waals surface area contributed by atoms with Crippen molar-refractivity contribution in [3.05, 3.63) is 136 Å². The number of aliphatic hydroxyl groups is 1. The molecule has 5 aromatic rings. The fraction of sp³-hybridized carbons (Fsp3) is 0.519. The summed E-state index contributed by atoms with van der Waals surface area (Å²) in [5, 5.41) is 36.8. The third kappa shape index (κ3) is 21.3. The summed E-state index contributed by atoms with van der Waals surface area (Å²) in [6, 6.07) is 14.0. The smallest absolute Gasteiger partial charge is 0.407 e. The summed E-state index contributed by atoms with van der Waals surface area (Å²) in [6.45, 7) is 8.98. The van der Waals surface area contributed by atoms with Gasteiger partial charge in [-0.1, -0.05) is 80.4 Å². The molecule has 7 heterocycles. The van der Waals surface area contributed by atoms with E-state index in [0.717, 1.165) is 16.0 Å². The number of hydrogen-bond donors (Lipinski definition) is 10. The number of aromatic nitrogens is 1. The predicted molar refractivity (Wildman–Crippen MR) is 398 cm³/mol. The Morgan fingerprint density at radius 2 is 1.39 bits per heavy atom.